The Labute approximate surface area is 181 Å². The van der Waals surface area contributed by atoms with E-state index < -0.39 is 5.97 Å². The van der Waals surface area contributed by atoms with Gasteiger partial charge in [-0.2, -0.15) is 0 Å². The van der Waals surface area contributed by atoms with Gasteiger partial charge in [-0.15, -0.1) is 0 Å². The number of carboxylic acids is 1. The number of benzene rings is 4. The van der Waals surface area contributed by atoms with Gasteiger partial charge in [0.15, 0.2) is 0 Å². The molecule has 0 N–H and O–H groups in total. The van der Waals surface area contributed by atoms with Crippen LogP contribution in [0, 0.1) is 0 Å². The fourth-order valence-corrected chi connectivity index (χ4v) is 3.48. The van der Waals surface area contributed by atoms with Gasteiger partial charge >= 0.3 is 0 Å². The van der Waals surface area contributed by atoms with E-state index in [-0.39, 0.29) is 0 Å². The van der Waals surface area contributed by atoms with E-state index in [0.717, 1.165) is 45.2 Å². The van der Waals surface area contributed by atoms with Gasteiger partial charge in [-0.3, -0.25) is 0 Å². The van der Waals surface area contributed by atoms with Crippen LogP contribution in [0.3, 0.4) is 0 Å². The van der Waals surface area contributed by atoms with Crippen molar-refractivity contribution in [3.63, 3.8) is 0 Å². The molecule has 0 saturated carbocycles. The lowest BCUT2D eigenvalue weighted by Crippen LogP contribution is -2.18. The molecule has 0 amide bonds. The van der Waals surface area contributed by atoms with Crippen molar-refractivity contribution in [1.82, 2.24) is 0 Å². The molecule has 0 radical (unpaired) electrons. The Morgan fingerprint density at radius 1 is 0.742 bits per heavy atom. The highest BCUT2D eigenvalue weighted by Gasteiger charge is 2.09. The maximum absolute atomic E-state index is 10.8. The van der Waals surface area contributed by atoms with Gasteiger partial charge in [-0.1, -0.05) is 97.1 Å². The molecule has 3 nitrogen and oxygen atoms in total. The Morgan fingerprint density at radius 3 is 2.16 bits per heavy atom. The molecule has 0 aliphatic rings. The number of ether oxygens (including phenoxy) is 1. The lowest BCUT2D eigenvalue weighted by atomic mass is 9.95. The minimum Gasteiger partial charge on any atom is -0.545 e. The average Bonchev–Trinajstić information content (AvgIpc) is 2.82. The maximum atomic E-state index is 10.8. The molecule has 4 aromatic carbocycles. The molecule has 31 heavy (non-hydrogen) atoms. The van der Waals surface area contributed by atoms with Gasteiger partial charge in [0.05, 0.1) is 5.97 Å². The number of carbonyl (C=O) groups is 1. The highest BCUT2D eigenvalue weighted by Crippen LogP contribution is 2.34. The van der Waals surface area contributed by atoms with Crippen LogP contribution in [0.25, 0.3) is 28.3 Å². The topological polar surface area (TPSA) is 49.4 Å². The Morgan fingerprint density at radius 2 is 1.39 bits per heavy atom. The molecule has 0 aromatic heterocycles. The first kappa shape index (κ1) is 20.2. The summed E-state index contributed by atoms with van der Waals surface area (Å²) in [5.41, 5.74) is 5.90. The number of rotatable bonds is 7. The Balaban J connectivity index is 1.67. The smallest absolute Gasteiger partial charge is 0.127 e. The summed E-state index contributed by atoms with van der Waals surface area (Å²) in [5.74, 6) is -0.401. The van der Waals surface area contributed by atoms with Crippen molar-refractivity contribution >= 4 is 12.0 Å². The van der Waals surface area contributed by atoms with Crippen molar-refractivity contribution in [3.05, 3.63) is 120 Å². The van der Waals surface area contributed by atoms with Gasteiger partial charge in [0.2, 0.25) is 0 Å². The monoisotopic (exact) mass is 405 g/mol. The number of hydrogen-bond donors (Lipinski definition) is 0. The molecule has 0 aliphatic heterocycles. The Hall–Kier alpha value is -4.11. The van der Waals surface area contributed by atoms with Crippen molar-refractivity contribution < 1.29 is 14.6 Å². The molecule has 0 spiro atoms. The summed E-state index contributed by atoms with van der Waals surface area (Å²) in [6.45, 7) is 0.494. The lowest BCUT2D eigenvalue weighted by molar-refractivity contribution is -0.297. The third-order valence-electron chi connectivity index (χ3n) is 4.97. The second-order valence-corrected chi connectivity index (χ2v) is 7.09. The Bertz CT molecular complexity index is 1210. The second kappa shape index (κ2) is 9.59. The van der Waals surface area contributed by atoms with Crippen LogP contribution in [0.1, 0.15) is 11.1 Å². The third-order valence-corrected chi connectivity index (χ3v) is 4.97. The van der Waals surface area contributed by atoms with Crippen molar-refractivity contribution in [2.24, 2.45) is 0 Å². The molecule has 4 aromatic rings. The van der Waals surface area contributed by atoms with E-state index in [1.807, 2.05) is 97.1 Å². The van der Waals surface area contributed by atoms with E-state index in [9.17, 15) is 9.90 Å². The zero-order chi connectivity index (χ0) is 21.5. The van der Waals surface area contributed by atoms with Gasteiger partial charge in [-0.25, -0.2) is 0 Å². The minimum absolute atomic E-state index is 0.494. The number of para-hydroxylation sites is 1. The number of carboxylic acid groups (broad SMARTS) is 1. The normalized spacial score (nSPS) is 10.8. The zero-order valence-corrected chi connectivity index (χ0v) is 16.9. The van der Waals surface area contributed by atoms with E-state index in [1.165, 1.54) is 0 Å². The summed E-state index contributed by atoms with van der Waals surface area (Å²) in [6, 6.07) is 33.9. The Kier molecular flexibility index (Phi) is 6.24. The van der Waals surface area contributed by atoms with Crippen LogP contribution in [-0.4, -0.2) is 5.97 Å². The first-order valence-electron chi connectivity index (χ1n) is 10.1. The first-order valence-corrected chi connectivity index (χ1v) is 10.1. The molecule has 152 valence electrons. The zero-order valence-electron chi connectivity index (χ0n) is 16.9. The molecule has 0 heterocycles. The van der Waals surface area contributed by atoms with E-state index in [4.69, 9.17) is 4.74 Å². The SMILES string of the molecule is O=C([O-])/C=C/c1ccccc1-c1cccc(-c2ccccc2OCc2ccccc2)c1. The molecule has 0 atom stereocenters. The summed E-state index contributed by atoms with van der Waals surface area (Å²) >= 11 is 0. The molecule has 0 saturated heterocycles. The molecule has 0 unspecified atom stereocenters. The molecule has 3 heteroatoms. The van der Waals surface area contributed by atoms with Gasteiger partial charge in [0, 0.05) is 5.56 Å². The van der Waals surface area contributed by atoms with E-state index in [1.54, 1.807) is 6.08 Å². The fraction of sp³-hybridized carbons (Fsp3) is 0.0357. The molecule has 4 rings (SSSR count). The minimum atomic E-state index is -1.21. The standard InChI is InChI=1S/C28H22O3/c29-28(30)18-17-22-11-4-5-14-25(22)23-12-8-13-24(19-23)26-15-6-7-16-27(26)31-20-21-9-2-1-3-10-21/h1-19H,20H2,(H,29,30)/p-1/b18-17+. The summed E-state index contributed by atoms with van der Waals surface area (Å²) in [7, 11) is 0. The average molecular weight is 405 g/mol. The molecule has 0 aliphatic carbocycles. The van der Waals surface area contributed by atoms with Gasteiger partial charge in [0.1, 0.15) is 12.4 Å². The highest BCUT2D eigenvalue weighted by molar-refractivity contribution is 5.87. The number of hydrogen-bond acceptors (Lipinski definition) is 3. The number of carbonyl (C=O) groups excluding carboxylic acids is 1. The van der Waals surface area contributed by atoms with Crippen molar-refractivity contribution in [2.45, 2.75) is 6.61 Å². The molecular weight excluding hydrogens is 384 g/mol. The van der Waals surface area contributed by atoms with Gasteiger partial charge in [0.25, 0.3) is 0 Å². The van der Waals surface area contributed by atoms with Crippen LogP contribution in [-0.2, 0) is 11.4 Å². The van der Waals surface area contributed by atoms with E-state index in [2.05, 4.69) is 6.07 Å². The number of aliphatic carboxylic acids is 1. The van der Waals surface area contributed by atoms with E-state index >= 15 is 0 Å². The molecule has 0 fully saturated rings. The maximum Gasteiger partial charge on any atom is 0.127 e. The van der Waals surface area contributed by atoms with Crippen LogP contribution >= 0.6 is 0 Å². The van der Waals surface area contributed by atoms with Crippen molar-refractivity contribution in [3.8, 4) is 28.0 Å². The summed E-state index contributed by atoms with van der Waals surface area (Å²) in [4.78, 5) is 10.8. The van der Waals surface area contributed by atoms with Crippen LogP contribution in [0.5, 0.6) is 5.75 Å². The summed E-state index contributed by atoms with van der Waals surface area (Å²) < 4.78 is 6.13. The van der Waals surface area contributed by atoms with Crippen LogP contribution in [0.4, 0.5) is 0 Å². The predicted molar refractivity (Wildman–Crippen MR) is 122 cm³/mol. The second-order valence-electron chi connectivity index (χ2n) is 7.09. The predicted octanol–water partition coefficient (Wildman–Crippen LogP) is 5.36. The molecular formula is C28H21O3-. The largest absolute Gasteiger partial charge is 0.545 e. The fourth-order valence-electron chi connectivity index (χ4n) is 3.48. The summed E-state index contributed by atoms with van der Waals surface area (Å²) in [6.07, 6.45) is 2.61. The van der Waals surface area contributed by atoms with Gasteiger partial charge in [-0.05, 0) is 46.0 Å². The van der Waals surface area contributed by atoms with Crippen molar-refractivity contribution in [1.29, 1.82) is 0 Å². The lowest BCUT2D eigenvalue weighted by Gasteiger charge is -2.13. The van der Waals surface area contributed by atoms with E-state index in [0.29, 0.717) is 6.61 Å². The third kappa shape index (κ3) is 5.09. The van der Waals surface area contributed by atoms with Crippen LogP contribution < -0.4 is 9.84 Å². The van der Waals surface area contributed by atoms with Crippen molar-refractivity contribution in [2.75, 3.05) is 0 Å². The van der Waals surface area contributed by atoms with Crippen LogP contribution in [0.2, 0.25) is 0 Å². The van der Waals surface area contributed by atoms with Crippen LogP contribution in [0.15, 0.2) is 109 Å². The first-order chi connectivity index (χ1) is 15.2. The molecule has 0 bridgehead atoms. The quantitative estimate of drug-likeness (QED) is 0.389. The summed E-state index contributed by atoms with van der Waals surface area (Å²) in [5, 5.41) is 10.8. The highest BCUT2D eigenvalue weighted by atomic mass is 16.5. The van der Waals surface area contributed by atoms with Gasteiger partial charge < -0.3 is 14.6 Å².